The number of benzene rings is 2. The van der Waals surface area contributed by atoms with Gasteiger partial charge in [0, 0.05) is 23.6 Å². The number of aryl methyl sites for hydroxylation is 2. The number of nitrogens with zero attached hydrogens (tertiary/aromatic N) is 5. The first-order valence-electron chi connectivity index (χ1n) is 11.0. The van der Waals surface area contributed by atoms with Gasteiger partial charge in [-0.25, -0.2) is 4.52 Å². The number of anilines is 1. The number of amides is 1. The van der Waals surface area contributed by atoms with Crippen LogP contribution in [0.2, 0.25) is 0 Å². The van der Waals surface area contributed by atoms with Crippen molar-refractivity contribution in [1.29, 1.82) is 0 Å². The molecule has 0 radical (unpaired) electrons. The topological polar surface area (TPSA) is 85.8 Å². The number of methoxy groups -OCH3 is 1. The SMILES string of the molecule is CCc1cccc(C)c1NC(=O)CSc1nnc2c3cc(-c4ccc(OC)cc4)nn3ccn12. The molecule has 0 atom stereocenters. The standard InChI is InChI=1S/C25H24N6O2S/c1-4-17-7-5-6-16(2)23(17)26-22(32)15-34-25-28-27-24-21-14-20(29-31(21)13-12-30(24)25)18-8-10-19(33-3)11-9-18/h5-14H,4,15H2,1-3H3,(H,26,32). The Kier molecular flexibility index (Phi) is 5.93. The van der Waals surface area contributed by atoms with Crippen LogP contribution >= 0.6 is 11.8 Å². The highest BCUT2D eigenvalue weighted by atomic mass is 32.2. The maximum absolute atomic E-state index is 12.7. The fraction of sp³-hybridized carbons (Fsp3) is 0.200. The van der Waals surface area contributed by atoms with Crippen molar-refractivity contribution < 1.29 is 9.53 Å². The molecule has 3 aromatic heterocycles. The van der Waals surface area contributed by atoms with Gasteiger partial charge in [0.2, 0.25) is 5.91 Å². The summed E-state index contributed by atoms with van der Waals surface area (Å²) in [6.45, 7) is 4.09. The number of ether oxygens (including phenoxy) is 1. The Balaban J connectivity index is 1.36. The normalized spacial score (nSPS) is 11.3. The highest BCUT2D eigenvalue weighted by Crippen LogP contribution is 2.26. The lowest BCUT2D eigenvalue weighted by Gasteiger charge is -2.12. The summed E-state index contributed by atoms with van der Waals surface area (Å²) in [5, 5.41) is 17.1. The average Bonchev–Trinajstić information content (AvgIpc) is 3.48. The summed E-state index contributed by atoms with van der Waals surface area (Å²) >= 11 is 1.35. The van der Waals surface area contributed by atoms with Crippen molar-refractivity contribution in [2.75, 3.05) is 18.2 Å². The van der Waals surface area contributed by atoms with Crippen molar-refractivity contribution >= 4 is 34.5 Å². The summed E-state index contributed by atoms with van der Waals surface area (Å²) in [5.74, 6) is 0.962. The lowest BCUT2D eigenvalue weighted by atomic mass is 10.1. The summed E-state index contributed by atoms with van der Waals surface area (Å²) in [4.78, 5) is 12.7. The van der Waals surface area contributed by atoms with Crippen LogP contribution in [0.25, 0.3) is 22.4 Å². The first-order valence-corrected chi connectivity index (χ1v) is 11.9. The molecular formula is C25H24N6O2S. The minimum absolute atomic E-state index is 0.0713. The van der Waals surface area contributed by atoms with Gasteiger partial charge in [-0.05, 0) is 54.8 Å². The van der Waals surface area contributed by atoms with E-state index < -0.39 is 0 Å². The van der Waals surface area contributed by atoms with Crippen LogP contribution in [0.3, 0.4) is 0 Å². The van der Waals surface area contributed by atoms with Crippen molar-refractivity contribution in [3.8, 4) is 17.0 Å². The molecule has 0 fully saturated rings. The quantitative estimate of drug-likeness (QED) is 0.347. The molecule has 172 valence electrons. The highest BCUT2D eigenvalue weighted by Gasteiger charge is 2.15. The Morgan fingerprint density at radius 1 is 1.12 bits per heavy atom. The third-order valence-corrected chi connectivity index (χ3v) is 6.65. The van der Waals surface area contributed by atoms with Gasteiger partial charge < -0.3 is 10.1 Å². The Morgan fingerprint density at radius 2 is 1.94 bits per heavy atom. The van der Waals surface area contributed by atoms with Crippen LogP contribution < -0.4 is 10.1 Å². The van der Waals surface area contributed by atoms with E-state index in [4.69, 9.17) is 4.74 Å². The lowest BCUT2D eigenvalue weighted by Crippen LogP contribution is -2.16. The zero-order valence-electron chi connectivity index (χ0n) is 19.1. The van der Waals surface area contributed by atoms with E-state index in [2.05, 4.69) is 27.5 Å². The van der Waals surface area contributed by atoms with E-state index in [-0.39, 0.29) is 11.7 Å². The number of carbonyl (C=O) groups is 1. The van der Waals surface area contributed by atoms with Gasteiger partial charge >= 0.3 is 0 Å². The van der Waals surface area contributed by atoms with Gasteiger partial charge in [-0.3, -0.25) is 9.20 Å². The van der Waals surface area contributed by atoms with E-state index in [0.717, 1.165) is 45.8 Å². The van der Waals surface area contributed by atoms with E-state index in [1.807, 2.05) is 72.2 Å². The molecule has 8 nitrogen and oxygen atoms in total. The Labute approximate surface area is 201 Å². The third-order valence-electron chi connectivity index (χ3n) is 5.71. The number of hydrogen-bond donors (Lipinski definition) is 1. The summed E-state index contributed by atoms with van der Waals surface area (Å²) in [6, 6.07) is 15.8. The second kappa shape index (κ2) is 9.18. The second-order valence-electron chi connectivity index (χ2n) is 7.86. The molecule has 5 rings (SSSR count). The number of fused-ring (bicyclic) bond motifs is 3. The Bertz CT molecular complexity index is 1490. The number of rotatable bonds is 7. The van der Waals surface area contributed by atoms with Crippen LogP contribution in [-0.2, 0) is 11.2 Å². The molecule has 9 heteroatoms. The highest BCUT2D eigenvalue weighted by molar-refractivity contribution is 7.99. The molecule has 5 aromatic rings. The molecule has 0 saturated heterocycles. The molecule has 2 aromatic carbocycles. The fourth-order valence-corrected chi connectivity index (χ4v) is 4.62. The summed E-state index contributed by atoms with van der Waals surface area (Å²) in [7, 11) is 1.65. The predicted octanol–water partition coefficient (Wildman–Crippen LogP) is 4.65. The van der Waals surface area contributed by atoms with E-state index in [9.17, 15) is 4.79 Å². The number of carbonyl (C=O) groups excluding carboxylic acids is 1. The van der Waals surface area contributed by atoms with Crippen molar-refractivity contribution in [3.05, 3.63) is 72.1 Å². The Morgan fingerprint density at radius 3 is 2.71 bits per heavy atom. The van der Waals surface area contributed by atoms with Crippen LogP contribution in [0.4, 0.5) is 5.69 Å². The summed E-state index contributed by atoms with van der Waals surface area (Å²) in [5.41, 5.74) is 6.42. The van der Waals surface area contributed by atoms with Crippen molar-refractivity contribution in [2.45, 2.75) is 25.4 Å². The molecule has 0 bridgehead atoms. The largest absolute Gasteiger partial charge is 0.497 e. The molecular weight excluding hydrogens is 448 g/mol. The van der Waals surface area contributed by atoms with E-state index >= 15 is 0 Å². The van der Waals surface area contributed by atoms with Crippen LogP contribution in [-0.4, -0.2) is 43.0 Å². The first kappa shape index (κ1) is 22.0. The minimum Gasteiger partial charge on any atom is -0.497 e. The fourth-order valence-electron chi connectivity index (χ4n) is 3.90. The molecule has 0 spiro atoms. The molecule has 1 amide bonds. The number of para-hydroxylation sites is 1. The second-order valence-corrected chi connectivity index (χ2v) is 8.80. The van der Waals surface area contributed by atoms with Gasteiger partial charge in [0.25, 0.3) is 0 Å². The molecule has 3 heterocycles. The lowest BCUT2D eigenvalue weighted by molar-refractivity contribution is -0.113. The van der Waals surface area contributed by atoms with Crippen LogP contribution in [0.5, 0.6) is 5.75 Å². The number of nitrogens with one attached hydrogen (secondary N) is 1. The van der Waals surface area contributed by atoms with Crippen molar-refractivity contribution in [1.82, 2.24) is 24.2 Å². The van der Waals surface area contributed by atoms with Crippen LogP contribution in [0.1, 0.15) is 18.1 Å². The van der Waals surface area contributed by atoms with Gasteiger partial charge in [-0.15, -0.1) is 10.2 Å². The molecule has 0 aliphatic heterocycles. The van der Waals surface area contributed by atoms with Crippen LogP contribution in [0, 0.1) is 6.92 Å². The first-order chi connectivity index (χ1) is 16.6. The molecule has 0 unspecified atom stereocenters. The minimum atomic E-state index is -0.0713. The van der Waals surface area contributed by atoms with Gasteiger partial charge in [-0.1, -0.05) is 36.9 Å². The van der Waals surface area contributed by atoms with Gasteiger partial charge in [0.15, 0.2) is 10.8 Å². The van der Waals surface area contributed by atoms with Crippen molar-refractivity contribution in [3.63, 3.8) is 0 Å². The molecule has 0 aliphatic rings. The summed E-state index contributed by atoms with van der Waals surface area (Å²) in [6.07, 6.45) is 4.59. The molecule has 34 heavy (non-hydrogen) atoms. The van der Waals surface area contributed by atoms with Crippen LogP contribution in [0.15, 0.2) is 66.1 Å². The van der Waals surface area contributed by atoms with E-state index in [0.29, 0.717) is 10.8 Å². The number of hydrogen-bond acceptors (Lipinski definition) is 6. The van der Waals surface area contributed by atoms with Crippen molar-refractivity contribution in [2.24, 2.45) is 0 Å². The number of thioether (sulfide) groups is 1. The third kappa shape index (κ3) is 4.10. The van der Waals surface area contributed by atoms with E-state index in [1.54, 1.807) is 11.6 Å². The molecule has 0 aliphatic carbocycles. The monoisotopic (exact) mass is 472 g/mol. The van der Waals surface area contributed by atoms with E-state index in [1.165, 1.54) is 11.8 Å². The number of aromatic nitrogens is 5. The smallest absolute Gasteiger partial charge is 0.234 e. The summed E-state index contributed by atoms with van der Waals surface area (Å²) < 4.78 is 8.91. The molecule has 1 N–H and O–H groups in total. The van der Waals surface area contributed by atoms with Gasteiger partial charge in [0.05, 0.1) is 18.6 Å². The zero-order valence-corrected chi connectivity index (χ0v) is 20.0. The Hall–Kier alpha value is -3.85. The average molecular weight is 473 g/mol. The maximum Gasteiger partial charge on any atom is 0.234 e. The van der Waals surface area contributed by atoms with Gasteiger partial charge in [0.1, 0.15) is 11.3 Å². The zero-order chi connectivity index (χ0) is 23.7. The predicted molar refractivity (Wildman–Crippen MR) is 134 cm³/mol. The molecule has 0 saturated carbocycles. The maximum atomic E-state index is 12.7. The van der Waals surface area contributed by atoms with Gasteiger partial charge in [-0.2, -0.15) is 5.10 Å².